The molecule has 136 valence electrons. The topological polar surface area (TPSA) is 41.6 Å². The van der Waals surface area contributed by atoms with Crippen molar-refractivity contribution in [1.82, 2.24) is 10.2 Å². The largest absolute Gasteiger partial charge is 0.444 e. The SMILES string of the molecule is CC(NCC1CCCN(C(=O)OC(C)(C)C)C1)C1CC2C=CC1C2. The van der Waals surface area contributed by atoms with Crippen molar-refractivity contribution in [3.8, 4) is 0 Å². The second kappa shape index (κ2) is 7.07. The Balaban J connectivity index is 1.44. The Morgan fingerprint density at radius 3 is 2.75 bits per heavy atom. The summed E-state index contributed by atoms with van der Waals surface area (Å²) in [5.41, 5.74) is -0.411. The van der Waals surface area contributed by atoms with Gasteiger partial charge in [-0.05, 0) is 83.6 Å². The third-order valence-corrected chi connectivity index (χ3v) is 5.87. The number of piperidine rings is 1. The van der Waals surface area contributed by atoms with Gasteiger partial charge in [0, 0.05) is 19.1 Å². The summed E-state index contributed by atoms with van der Waals surface area (Å²) >= 11 is 0. The molecule has 24 heavy (non-hydrogen) atoms. The number of hydrogen-bond donors (Lipinski definition) is 1. The maximum Gasteiger partial charge on any atom is 0.410 e. The van der Waals surface area contributed by atoms with E-state index in [2.05, 4.69) is 24.4 Å². The number of hydrogen-bond acceptors (Lipinski definition) is 3. The number of likely N-dealkylation sites (tertiary alicyclic amines) is 1. The average molecular weight is 335 g/mol. The van der Waals surface area contributed by atoms with Gasteiger partial charge in [0.05, 0.1) is 0 Å². The monoisotopic (exact) mass is 334 g/mol. The summed E-state index contributed by atoms with van der Waals surface area (Å²) in [5.74, 6) is 2.97. The fourth-order valence-electron chi connectivity index (χ4n) is 4.63. The van der Waals surface area contributed by atoms with Crippen LogP contribution in [0.25, 0.3) is 0 Å². The molecule has 5 atom stereocenters. The fourth-order valence-corrected chi connectivity index (χ4v) is 4.63. The molecule has 1 N–H and O–H groups in total. The number of ether oxygens (including phenoxy) is 1. The summed E-state index contributed by atoms with van der Waals surface area (Å²) in [6.07, 6.45) is 9.69. The molecule has 1 amide bonds. The van der Waals surface area contributed by atoms with Crippen LogP contribution in [0, 0.1) is 23.7 Å². The molecular weight excluding hydrogens is 300 g/mol. The van der Waals surface area contributed by atoms with Crippen molar-refractivity contribution in [2.45, 2.75) is 65.0 Å². The second-order valence-electron chi connectivity index (χ2n) is 9.08. The van der Waals surface area contributed by atoms with Gasteiger partial charge in [0.15, 0.2) is 0 Å². The van der Waals surface area contributed by atoms with Gasteiger partial charge < -0.3 is 15.0 Å². The third-order valence-electron chi connectivity index (χ3n) is 5.87. The molecule has 1 aliphatic heterocycles. The summed E-state index contributed by atoms with van der Waals surface area (Å²) in [6, 6.07) is 0.571. The van der Waals surface area contributed by atoms with Crippen LogP contribution in [-0.2, 0) is 4.74 Å². The Morgan fingerprint density at radius 1 is 1.33 bits per heavy atom. The van der Waals surface area contributed by atoms with E-state index in [0.29, 0.717) is 12.0 Å². The standard InChI is InChI=1S/C20H34N2O2/c1-14(18-11-15-7-8-17(18)10-15)21-12-16-6-5-9-22(13-16)19(23)24-20(2,3)4/h7-8,14-18,21H,5-6,9-13H2,1-4H3. The maximum absolute atomic E-state index is 12.3. The van der Waals surface area contributed by atoms with Gasteiger partial charge in [0.1, 0.15) is 5.60 Å². The van der Waals surface area contributed by atoms with Gasteiger partial charge in [-0.1, -0.05) is 12.2 Å². The minimum absolute atomic E-state index is 0.154. The minimum Gasteiger partial charge on any atom is -0.444 e. The highest BCUT2D eigenvalue weighted by atomic mass is 16.6. The van der Waals surface area contributed by atoms with E-state index in [9.17, 15) is 4.79 Å². The Morgan fingerprint density at radius 2 is 2.12 bits per heavy atom. The van der Waals surface area contributed by atoms with E-state index in [1.807, 2.05) is 25.7 Å². The molecule has 4 nitrogen and oxygen atoms in total. The van der Waals surface area contributed by atoms with E-state index in [-0.39, 0.29) is 6.09 Å². The van der Waals surface area contributed by atoms with Gasteiger partial charge >= 0.3 is 6.09 Å². The van der Waals surface area contributed by atoms with Gasteiger partial charge in [-0.15, -0.1) is 0 Å². The fraction of sp³-hybridized carbons (Fsp3) is 0.850. The Labute approximate surface area is 147 Å². The lowest BCUT2D eigenvalue weighted by Gasteiger charge is -2.35. The lowest BCUT2D eigenvalue weighted by molar-refractivity contribution is 0.0164. The number of allylic oxidation sites excluding steroid dienone is 2. The molecule has 0 aromatic carbocycles. The molecule has 2 aliphatic carbocycles. The summed E-state index contributed by atoms with van der Waals surface area (Å²) in [7, 11) is 0. The summed E-state index contributed by atoms with van der Waals surface area (Å²) in [4.78, 5) is 14.2. The van der Waals surface area contributed by atoms with Crippen molar-refractivity contribution in [2.24, 2.45) is 23.7 Å². The lowest BCUT2D eigenvalue weighted by atomic mass is 9.87. The average Bonchev–Trinajstić information content (AvgIpc) is 3.14. The van der Waals surface area contributed by atoms with Gasteiger partial charge in [0.2, 0.25) is 0 Å². The normalized spacial score (nSPS) is 33.8. The molecule has 2 fully saturated rings. The Bertz CT molecular complexity index is 483. The molecule has 0 spiro atoms. The van der Waals surface area contributed by atoms with Crippen LogP contribution in [0.4, 0.5) is 4.79 Å². The molecule has 1 saturated carbocycles. The van der Waals surface area contributed by atoms with Crippen LogP contribution in [-0.4, -0.2) is 42.3 Å². The molecule has 0 aromatic heterocycles. The molecule has 1 heterocycles. The number of amides is 1. The molecule has 5 unspecified atom stereocenters. The first-order valence-electron chi connectivity index (χ1n) is 9.71. The number of nitrogens with zero attached hydrogens (tertiary/aromatic N) is 1. The molecule has 3 rings (SSSR count). The Hall–Kier alpha value is -1.03. The van der Waals surface area contributed by atoms with Crippen molar-refractivity contribution >= 4 is 6.09 Å². The van der Waals surface area contributed by atoms with E-state index in [1.165, 1.54) is 19.3 Å². The lowest BCUT2D eigenvalue weighted by Crippen LogP contribution is -2.46. The molecule has 1 saturated heterocycles. The van der Waals surface area contributed by atoms with Crippen LogP contribution >= 0.6 is 0 Å². The zero-order chi connectivity index (χ0) is 17.3. The summed E-state index contributed by atoms with van der Waals surface area (Å²) in [6.45, 7) is 10.8. The first kappa shape index (κ1) is 17.8. The number of carbonyl (C=O) groups excluding carboxylic acids is 1. The zero-order valence-corrected chi connectivity index (χ0v) is 15.8. The molecular formula is C20H34N2O2. The van der Waals surface area contributed by atoms with Crippen molar-refractivity contribution < 1.29 is 9.53 Å². The predicted molar refractivity (Wildman–Crippen MR) is 96.8 cm³/mol. The van der Waals surface area contributed by atoms with E-state index in [0.717, 1.165) is 43.8 Å². The smallest absolute Gasteiger partial charge is 0.410 e. The van der Waals surface area contributed by atoms with E-state index in [4.69, 9.17) is 4.74 Å². The molecule has 4 heteroatoms. The summed E-state index contributed by atoms with van der Waals surface area (Å²) < 4.78 is 5.52. The Kier molecular flexibility index (Phi) is 5.24. The van der Waals surface area contributed by atoms with Crippen molar-refractivity contribution in [1.29, 1.82) is 0 Å². The van der Waals surface area contributed by atoms with Crippen molar-refractivity contribution in [2.75, 3.05) is 19.6 Å². The zero-order valence-electron chi connectivity index (χ0n) is 15.8. The summed E-state index contributed by atoms with van der Waals surface area (Å²) in [5, 5.41) is 3.77. The van der Waals surface area contributed by atoms with Crippen LogP contribution in [0.3, 0.4) is 0 Å². The van der Waals surface area contributed by atoms with Crippen LogP contribution in [0.15, 0.2) is 12.2 Å². The minimum atomic E-state index is -0.411. The maximum atomic E-state index is 12.3. The van der Waals surface area contributed by atoms with Crippen molar-refractivity contribution in [3.63, 3.8) is 0 Å². The van der Waals surface area contributed by atoms with Crippen LogP contribution in [0.5, 0.6) is 0 Å². The van der Waals surface area contributed by atoms with E-state index < -0.39 is 5.60 Å². The van der Waals surface area contributed by atoms with Crippen LogP contribution < -0.4 is 5.32 Å². The first-order valence-corrected chi connectivity index (χ1v) is 9.71. The highest BCUT2D eigenvalue weighted by Crippen LogP contribution is 2.44. The van der Waals surface area contributed by atoms with Crippen LogP contribution in [0.2, 0.25) is 0 Å². The third kappa shape index (κ3) is 4.33. The number of carbonyl (C=O) groups is 1. The predicted octanol–water partition coefficient (Wildman–Crippen LogP) is 3.82. The molecule has 2 bridgehead atoms. The quantitative estimate of drug-likeness (QED) is 0.795. The molecule has 0 aromatic rings. The number of nitrogens with one attached hydrogen (secondary N) is 1. The second-order valence-corrected chi connectivity index (χ2v) is 9.08. The number of rotatable bonds is 4. The number of fused-ring (bicyclic) bond motifs is 2. The van der Waals surface area contributed by atoms with E-state index >= 15 is 0 Å². The van der Waals surface area contributed by atoms with Crippen molar-refractivity contribution in [3.05, 3.63) is 12.2 Å². The molecule has 0 radical (unpaired) electrons. The van der Waals surface area contributed by atoms with Gasteiger partial charge in [-0.3, -0.25) is 0 Å². The van der Waals surface area contributed by atoms with Gasteiger partial charge in [-0.25, -0.2) is 4.79 Å². The van der Waals surface area contributed by atoms with Gasteiger partial charge in [-0.2, -0.15) is 0 Å². The van der Waals surface area contributed by atoms with Crippen LogP contribution in [0.1, 0.15) is 53.4 Å². The van der Waals surface area contributed by atoms with Gasteiger partial charge in [0.25, 0.3) is 0 Å². The van der Waals surface area contributed by atoms with E-state index in [1.54, 1.807) is 0 Å². The highest BCUT2D eigenvalue weighted by molar-refractivity contribution is 5.68. The molecule has 3 aliphatic rings. The first-order chi connectivity index (χ1) is 11.3. The highest BCUT2D eigenvalue weighted by Gasteiger charge is 2.38.